The summed E-state index contributed by atoms with van der Waals surface area (Å²) in [5.41, 5.74) is 3.87. The zero-order valence-corrected chi connectivity index (χ0v) is 17.9. The zero-order valence-electron chi connectivity index (χ0n) is 17.9. The maximum absolute atomic E-state index is 12.2. The summed E-state index contributed by atoms with van der Waals surface area (Å²) >= 11 is 0. The Kier molecular flexibility index (Phi) is 6.77. The quantitative estimate of drug-likeness (QED) is 0.609. The molecule has 1 aliphatic rings. The smallest absolute Gasteiger partial charge is 0.407 e. The maximum atomic E-state index is 12.2. The summed E-state index contributed by atoms with van der Waals surface area (Å²) < 4.78 is 5.51. The number of nitrogens with one attached hydrogen (secondary N) is 1. The number of aliphatic carboxylic acids is 1. The molecular formula is C24H30N2O4. The van der Waals surface area contributed by atoms with Crippen LogP contribution >= 0.6 is 0 Å². The molecule has 0 spiro atoms. The Morgan fingerprint density at radius 1 is 1.03 bits per heavy atom. The van der Waals surface area contributed by atoms with Crippen molar-refractivity contribution in [2.75, 3.05) is 27.2 Å². The number of likely N-dealkylation sites (N-methyl/N-ethyl adjacent to an activating group) is 1. The van der Waals surface area contributed by atoms with Gasteiger partial charge in [-0.15, -0.1) is 0 Å². The number of ether oxygens (including phenoxy) is 1. The summed E-state index contributed by atoms with van der Waals surface area (Å²) in [6, 6.07) is 16.5. The average molecular weight is 411 g/mol. The predicted octanol–water partition coefficient (Wildman–Crippen LogP) is 4.10. The summed E-state index contributed by atoms with van der Waals surface area (Å²) in [6.07, 6.45) is 1.47. The third-order valence-corrected chi connectivity index (χ3v) is 6.15. The van der Waals surface area contributed by atoms with Crippen molar-refractivity contribution in [3.8, 4) is 11.1 Å². The Labute approximate surface area is 177 Å². The fourth-order valence-corrected chi connectivity index (χ4v) is 3.96. The molecule has 0 saturated heterocycles. The number of rotatable bonds is 9. The van der Waals surface area contributed by atoms with Crippen LogP contribution in [0.3, 0.4) is 0 Å². The van der Waals surface area contributed by atoms with Gasteiger partial charge in [-0.1, -0.05) is 48.5 Å². The number of carbonyl (C=O) groups is 2. The van der Waals surface area contributed by atoms with E-state index in [1.54, 1.807) is 25.9 Å². The van der Waals surface area contributed by atoms with Gasteiger partial charge in [0.1, 0.15) is 12.1 Å². The van der Waals surface area contributed by atoms with Crippen LogP contribution in [-0.2, 0) is 9.53 Å². The zero-order chi connectivity index (χ0) is 21.7. The van der Waals surface area contributed by atoms with Crippen LogP contribution in [0.2, 0.25) is 0 Å². The SMILES string of the molecule is CN(C)[C@@](C)(CCCCNC(=O)OCC1c2ccccc2-c2ccccc21)C(=O)O. The van der Waals surface area contributed by atoms with Gasteiger partial charge >= 0.3 is 12.1 Å². The van der Waals surface area contributed by atoms with Crippen LogP contribution in [0.25, 0.3) is 11.1 Å². The Balaban J connectivity index is 1.46. The lowest BCUT2D eigenvalue weighted by Gasteiger charge is -2.32. The fraction of sp³-hybridized carbons (Fsp3) is 0.417. The van der Waals surface area contributed by atoms with E-state index in [4.69, 9.17) is 4.74 Å². The lowest BCUT2D eigenvalue weighted by molar-refractivity contribution is -0.149. The van der Waals surface area contributed by atoms with Crippen LogP contribution in [0.1, 0.15) is 43.2 Å². The highest BCUT2D eigenvalue weighted by atomic mass is 16.5. The second-order valence-electron chi connectivity index (χ2n) is 8.18. The third kappa shape index (κ3) is 4.49. The highest BCUT2D eigenvalue weighted by molar-refractivity contribution is 5.79. The van der Waals surface area contributed by atoms with Gasteiger partial charge in [-0.25, -0.2) is 4.79 Å². The van der Waals surface area contributed by atoms with Gasteiger partial charge in [0.25, 0.3) is 0 Å². The van der Waals surface area contributed by atoms with Crippen molar-refractivity contribution in [1.82, 2.24) is 10.2 Å². The Morgan fingerprint density at radius 3 is 2.13 bits per heavy atom. The molecule has 2 aromatic carbocycles. The monoisotopic (exact) mass is 410 g/mol. The number of nitrogens with zero attached hydrogens (tertiary/aromatic N) is 1. The molecule has 0 heterocycles. The van der Waals surface area contributed by atoms with Gasteiger partial charge in [0.15, 0.2) is 0 Å². The number of alkyl carbamates (subject to hydrolysis) is 1. The van der Waals surface area contributed by atoms with Gasteiger partial charge in [-0.3, -0.25) is 9.69 Å². The number of carbonyl (C=O) groups excluding carboxylic acids is 1. The van der Waals surface area contributed by atoms with Crippen LogP contribution in [-0.4, -0.2) is 54.9 Å². The molecule has 1 amide bonds. The van der Waals surface area contributed by atoms with Crippen LogP contribution in [0.15, 0.2) is 48.5 Å². The lowest BCUT2D eigenvalue weighted by Crippen LogP contribution is -2.48. The van der Waals surface area contributed by atoms with E-state index in [0.29, 0.717) is 25.8 Å². The number of amides is 1. The molecule has 3 rings (SSSR count). The van der Waals surface area contributed by atoms with Gasteiger partial charge in [0, 0.05) is 12.5 Å². The number of hydrogen-bond acceptors (Lipinski definition) is 4. The molecule has 0 radical (unpaired) electrons. The van der Waals surface area contributed by atoms with E-state index in [1.807, 2.05) is 24.3 Å². The lowest BCUT2D eigenvalue weighted by atomic mass is 9.93. The van der Waals surface area contributed by atoms with Gasteiger partial charge in [0.05, 0.1) is 0 Å². The standard InChI is InChI=1S/C24H30N2O4/c1-24(22(27)28,26(2)3)14-8-9-15-25-23(29)30-16-21-19-12-6-4-10-17(19)18-11-5-7-13-20(18)21/h4-7,10-13,21H,8-9,14-16H2,1-3H3,(H,25,29)(H,27,28)/t24-/m0/s1. The first-order chi connectivity index (χ1) is 14.3. The molecule has 160 valence electrons. The largest absolute Gasteiger partial charge is 0.480 e. The molecular weight excluding hydrogens is 380 g/mol. The van der Waals surface area contributed by atoms with Crippen molar-refractivity contribution in [3.63, 3.8) is 0 Å². The molecule has 0 saturated carbocycles. The first kappa shape index (κ1) is 21.8. The van der Waals surface area contributed by atoms with E-state index in [9.17, 15) is 14.7 Å². The first-order valence-electron chi connectivity index (χ1n) is 10.3. The molecule has 1 atom stereocenters. The normalized spacial score (nSPS) is 14.7. The van der Waals surface area contributed by atoms with Gasteiger partial charge in [-0.05, 0) is 62.5 Å². The minimum Gasteiger partial charge on any atom is -0.480 e. The van der Waals surface area contributed by atoms with E-state index in [-0.39, 0.29) is 12.5 Å². The predicted molar refractivity (Wildman–Crippen MR) is 117 cm³/mol. The number of unbranched alkanes of at least 4 members (excludes halogenated alkanes) is 1. The number of carboxylic acid groups (broad SMARTS) is 1. The van der Waals surface area contributed by atoms with Crippen molar-refractivity contribution in [2.24, 2.45) is 0 Å². The molecule has 30 heavy (non-hydrogen) atoms. The Hall–Kier alpha value is -2.86. The molecule has 2 aromatic rings. The molecule has 0 aromatic heterocycles. The summed E-state index contributed by atoms with van der Waals surface area (Å²) in [5.74, 6) is -0.795. The number of hydrogen-bond donors (Lipinski definition) is 2. The Morgan fingerprint density at radius 2 is 1.60 bits per heavy atom. The second-order valence-corrected chi connectivity index (χ2v) is 8.18. The van der Waals surface area contributed by atoms with E-state index < -0.39 is 17.6 Å². The van der Waals surface area contributed by atoms with Crippen LogP contribution in [0, 0.1) is 0 Å². The molecule has 0 aliphatic heterocycles. The van der Waals surface area contributed by atoms with E-state index in [1.165, 1.54) is 22.3 Å². The number of fused-ring (bicyclic) bond motifs is 3. The Bertz CT molecular complexity index is 866. The molecule has 0 fully saturated rings. The highest BCUT2D eigenvalue weighted by Crippen LogP contribution is 2.44. The van der Waals surface area contributed by atoms with Gasteiger partial charge in [-0.2, -0.15) is 0 Å². The fourth-order valence-electron chi connectivity index (χ4n) is 3.96. The summed E-state index contributed by atoms with van der Waals surface area (Å²) in [7, 11) is 3.53. The van der Waals surface area contributed by atoms with Crippen molar-refractivity contribution >= 4 is 12.1 Å². The van der Waals surface area contributed by atoms with Crippen LogP contribution in [0.4, 0.5) is 4.79 Å². The average Bonchev–Trinajstić information content (AvgIpc) is 3.05. The molecule has 2 N–H and O–H groups in total. The van der Waals surface area contributed by atoms with Crippen LogP contribution in [0.5, 0.6) is 0 Å². The van der Waals surface area contributed by atoms with E-state index in [0.717, 1.165) is 0 Å². The number of carboxylic acids is 1. The van der Waals surface area contributed by atoms with E-state index in [2.05, 4.69) is 29.6 Å². The van der Waals surface area contributed by atoms with E-state index >= 15 is 0 Å². The first-order valence-corrected chi connectivity index (χ1v) is 10.3. The van der Waals surface area contributed by atoms with Crippen molar-refractivity contribution in [1.29, 1.82) is 0 Å². The third-order valence-electron chi connectivity index (χ3n) is 6.15. The minimum atomic E-state index is -0.899. The van der Waals surface area contributed by atoms with Gasteiger partial charge in [0.2, 0.25) is 0 Å². The van der Waals surface area contributed by atoms with Crippen LogP contribution < -0.4 is 5.32 Å². The van der Waals surface area contributed by atoms with Crippen molar-refractivity contribution in [2.45, 2.75) is 37.6 Å². The van der Waals surface area contributed by atoms with Gasteiger partial charge < -0.3 is 15.2 Å². The summed E-state index contributed by atoms with van der Waals surface area (Å²) in [5, 5.41) is 12.2. The molecule has 6 nitrogen and oxygen atoms in total. The molecule has 6 heteroatoms. The van der Waals surface area contributed by atoms with Crippen molar-refractivity contribution in [3.05, 3.63) is 59.7 Å². The number of benzene rings is 2. The molecule has 0 bridgehead atoms. The second kappa shape index (κ2) is 9.30. The van der Waals surface area contributed by atoms with Crippen molar-refractivity contribution < 1.29 is 19.4 Å². The minimum absolute atomic E-state index is 0.0412. The highest BCUT2D eigenvalue weighted by Gasteiger charge is 2.34. The summed E-state index contributed by atoms with van der Waals surface area (Å²) in [6.45, 7) is 2.46. The topological polar surface area (TPSA) is 78.9 Å². The molecule has 0 unspecified atom stereocenters. The maximum Gasteiger partial charge on any atom is 0.407 e. The summed E-state index contributed by atoms with van der Waals surface area (Å²) in [4.78, 5) is 25.4. The molecule has 1 aliphatic carbocycles.